The lowest BCUT2D eigenvalue weighted by Crippen LogP contribution is -2.07. The molecule has 0 aromatic heterocycles. The van der Waals surface area contributed by atoms with Crippen molar-refractivity contribution in [1.82, 2.24) is 0 Å². The molecule has 0 unspecified atom stereocenters. The topological polar surface area (TPSA) is 54.0 Å². The maximum atomic E-state index is 11.8. The Labute approximate surface area is 125 Å². The maximum absolute atomic E-state index is 11.8. The minimum Gasteiger partial charge on any atom is -0.493 e. The van der Waals surface area contributed by atoms with Crippen LogP contribution in [0.3, 0.4) is 0 Å². The van der Waals surface area contributed by atoms with E-state index in [0.29, 0.717) is 29.4 Å². The average Bonchev–Trinajstić information content (AvgIpc) is 2.51. The molecular formula is C16H22O5. The first-order chi connectivity index (χ1) is 9.99. The molecule has 0 bridgehead atoms. The van der Waals surface area contributed by atoms with Gasteiger partial charge in [-0.2, -0.15) is 0 Å². The summed E-state index contributed by atoms with van der Waals surface area (Å²) >= 11 is 0. The molecule has 5 heteroatoms. The van der Waals surface area contributed by atoms with Gasteiger partial charge in [-0.1, -0.05) is 0 Å². The van der Waals surface area contributed by atoms with E-state index in [1.165, 1.54) is 0 Å². The van der Waals surface area contributed by atoms with Gasteiger partial charge in [0.05, 0.1) is 27.9 Å². The summed E-state index contributed by atoms with van der Waals surface area (Å²) in [6, 6.07) is 3.61. The largest absolute Gasteiger partial charge is 0.493 e. The Morgan fingerprint density at radius 2 is 1.52 bits per heavy atom. The first-order valence-electron chi connectivity index (χ1n) is 6.65. The Balaban J connectivity index is 3.36. The Hall–Kier alpha value is -2.17. The van der Waals surface area contributed by atoms with Crippen LogP contribution >= 0.6 is 0 Å². The van der Waals surface area contributed by atoms with Gasteiger partial charge in [-0.15, -0.1) is 0 Å². The van der Waals surface area contributed by atoms with E-state index in [1.807, 2.05) is 6.92 Å². The fourth-order valence-electron chi connectivity index (χ4n) is 1.91. The van der Waals surface area contributed by atoms with Crippen molar-refractivity contribution in [2.24, 2.45) is 0 Å². The van der Waals surface area contributed by atoms with Gasteiger partial charge in [-0.3, -0.25) is 0 Å². The molecule has 0 fully saturated rings. The maximum Gasteiger partial charge on any atom is 0.333 e. The number of hydrogen-bond acceptors (Lipinski definition) is 5. The van der Waals surface area contributed by atoms with Crippen molar-refractivity contribution in [3.63, 3.8) is 0 Å². The summed E-state index contributed by atoms with van der Waals surface area (Å²) in [5.74, 6) is 1.28. The van der Waals surface area contributed by atoms with E-state index in [1.54, 1.807) is 47.3 Å². The van der Waals surface area contributed by atoms with E-state index in [9.17, 15) is 4.79 Å². The molecule has 0 aliphatic carbocycles. The van der Waals surface area contributed by atoms with Crippen molar-refractivity contribution in [3.05, 3.63) is 23.3 Å². The van der Waals surface area contributed by atoms with Gasteiger partial charge in [-0.05, 0) is 44.0 Å². The summed E-state index contributed by atoms with van der Waals surface area (Å²) < 4.78 is 20.9. The summed E-state index contributed by atoms with van der Waals surface area (Å²) in [6.07, 6.45) is 0. The molecular weight excluding hydrogens is 272 g/mol. The van der Waals surface area contributed by atoms with Crippen LogP contribution in [0.15, 0.2) is 17.7 Å². The molecule has 0 aliphatic heterocycles. The second-order valence-electron chi connectivity index (χ2n) is 4.38. The highest BCUT2D eigenvalue weighted by Gasteiger charge is 2.16. The summed E-state index contributed by atoms with van der Waals surface area (Å²) in [5, 5.41) is 0. The van der Waals surface area contributed by atoms with Crippen molar-refractivity contribution < 1.29 is 23.7 Å². The first kappa shape index (κ1) is 16.9. The fourth-order valence-corrected chi connectivity index (χ4v) is 1.91. The Kier molecular flexibility index (Phi) is 6.09. The summed E-state index contributed by atoms with van der Waals surface area (Å²) in [7, 11) is 4.66. The van der Waals surface area contributed by atoms with Crippen molar-refractivity contribution >= 4 is 11.5 Å². The van der Waals surface area contributed by atoms with Gasteiger partial charge in [0.1, 0.15) is 0 Å². The molecule has 0 aliphatic rings. The van der Waals surface area contributed by atoms with Crippen LogP contribution in [0.5, 0.6) is 17.2 Å². The van der Waals surface area contributed by atoms with Gasteiger partial charge in [0.2, 0.25) is 5.75 Å². The summed E-state index contributed by atoms with van der Waals surface area (Å²) in [6.45, 7) is 5.71. The number of methoxy groups -OCH3 is 3. The molecule has 5 nitrogen and oxygen atoms in total. The van der Waals surface area contributed by atoms with Crippen LogP contribution in [0.1, 0.15) is 26.3 Å². The second-order valence-corrected chi connectivity index (χ2v) is 4.38. The normalized spacial score (nSPS) is 11.5. The van der Waals surface area contributed by atoms with Gasteiger partial charge in [-0.25, -0.2) is 4.79 Å². The van der Waals surface area contributed by atoms with E-state index >= 15 is 0 Å². The third kappa shape index (κ3) is 3.68. The highest BCUT2D eigenvalue weighted by atomic mass is 16.5. The number of benzene rings is 1. The molecule has 0 atom stereocenters. The van der Waals surface area contributed by atoms with Crippen molar-refractivity contribution in [2.75, 3.05) is 27.9 Å². The molecule has 0 saturated heterocycles. The lowest BCUT2D eigenvalue weighted by atomic mass is 10.0. The van der Waals surface area contributed by atoms with E-state index in [0.717, 1.165) is 11.1 Å². The number of ether oxygens (including phenoxy) is 4. The quantitative estimate of drug-likeness (QED) is 0.596. The number of carbonyl (C=O) groups is 1. The molecule has 116 valence electrons. The Morgan fingerprint density at radius 3 is 1.90 bits per heavy atom. The average molecular weight is 294 g/mol. The van der Waals surface area contributed by atoms with Crippen LogP contribution in [-0.4, -0.2) is 33.9 Å². The number of hydrogen-bond donors (Lipinski definition) is 0. The van der Waals surface area contributed by atoms with Gasteiger partial charge in [0.25, 0.3) is 0 Å². The second kappa shape index (κ2) is 7.57. The van der Waals surface area contributed by atoms with E-state index in [-0.39, 0.29) is 5.97 Å². The monoisotopic (exact) mass is 294 g/mol. The molecule has 1 aromatic rings. The predicted octanol–water partition coefficient (Wildman–Crippen LogP) is 3.07. The smallest absolute Gasteiger partial charge is 0.333 e. The molecule has 0 N–H and O–H groups in total. The summed E-state index contributed by atoms with van der Waals surface area (Å²) in [5.41, 5.74) is 2.16. The van der Waals surface area contributed by atoms with Gasteiger partial charge in [0.15, 0.2) is 11.5 Å². The molecule has 0 spiro atoms. The van der Waals surface area contributed by atoms with Crippen LogP contribution in [0.2, 0.25) is 0 Å². The van der Waals surface area contributed by atoms with E-state index in [2.05, 4.69) is 0 Å². The van der Waals surface area contributed by atoms with Gasteiger partial charge in [0, 0.05) is 5.57 Å². The van der Waals surface area contributed by atoms with E-state index in [4.69, 9.17) is 18.9 Å². The summed E-state index contributed by atoms with van der Waals surface area (Å²) in [4.78, 5) is 11.8. The van der Waals surface area contributed by atoms with Gasteiger partial charge >= 0.3 is 5.97 Å². The van der Waals surface area contributed by atoms with Crippen LogP contribution in [-0.2, 0) is 9.53 Å². The molecule has 1 rings (SSSR count). The van der Waals surface area contributed by atoms with Crippen LogP contribution < -0.4 is 14.2 Å². The van der Waals surface area contributed by atoms with Crippen molar-refractivity contribution in [3.8, 4) is 17.2 Å². The van der Waals surface area contributed by atoms with Gasteiger partial charge < -0.3 is 18.9 Å². The molecule has 0 saturated carbocycles. The number of carbonyl (C=O) groups excluding carboxylic acids is 1. The fraction of sp³-hybridized carbons (Fsp3) is 0.438. The zero-order valence-electron chi connectivity index (χ0n) is 13.4. The van der Waals surface area contributed by atoms with E-state index < -0.39 is 0 Å². The third-order valence-electron chi connectivity index (χ3n) is 3.24. The number of allylic oxidation sites excluding steroid dienone is 1. The molecule has 0 radical (unpaired) electrons. The third-order valence-corrected chi connectivity index (χ3v) is 3.24. The zero-order valence-corrected chi connectivity index (χ0v) is 13.4. The van der Waals surface area contributed by atoms with Crippen LogP contribution in [0.4, 0.5) is 0 Å². The highest BCUT2D eigenvalue weighted by molar-refractivity contribution is 5.97. The van der Waals surface area contributed by atoms with Crippen molar-refractivity contribution in [1.29, 1.82) is 0 Å². The lowest BCUT2D eigenvalue weighted by molar-refractivity contribution is -0.138. The van der Waals surface area contributed by atoms with Crippen molar-refractivity contribution in [2.45, 2.75) is 20.8 Å². The first-order valence-corrected chi connectivity index (χ1v) is 6.65. The lowest BCUT2D eigenvalue weighted by Gasteiger charge is -2.15. The number of rotatable bonds is 6. The minimum absolute atomic E-state index is 0.330. The van der Waals surface area contributed by atoms with Crippen LogP contribution in [0, 0.1) is 0 Å². The highest BCUT2D eigenvalue weighted by Crippen LogP contribution is 2.40. The number of esters is 1. The SMILES string of the molecule is CCOC(=O)/C(C)=C(\C)c1cc(OC)c(OC)c(OC)c1. The van der Waals surface area contributed by atoms with Crippen LogP contribution in [0.25, 0.3) is 5.57 Å². The minimum atomic E-state index is -0.330. The predicted molar refractivity (Wildman–Crippen MR) is 81.0 cm³/mol. The molecule has 0 amide bonds. The molecule has 1 aromatic carbocycles. The Morgan fingerprint density at radius 1 is 1.00 bits per heavy atom. The zero-order chi connectivity index (χ0) is 16.0. The standard InChI is InChI=1S/C16H22O5/c1-7-21-16(17)11(3)10(2)12-8-13(18-4)15(20-6)14(9-12)19-5/h8-9H,7H2,1-6H3/b11-10+. The Bertz CT molecular complexity index is 521. The molecule has 0 heterocycles. The molecule has 21 heavy (non-hydrogen) atoms.